The first kappa shape index (κ1) is 21.3. The molecule has 0 radical (unpaired) electrons. The summed E-state index contributed by atoms with van der Waals surface area (Å²) < 4.78 is 0. The Labute approximate surface area is 149 Å². The lowest BCUT2D eigenvalue weighted by Gasteiger charge is -2.19. The first-order valence-electron chi connectivity index (χ1n) is 7.07. The molecule has 1 aliphatic heterocycles. The average Bonchev–Trinajstić information content (AvgIpc) is 2.89. The largest absolute Gasteiger partial charge is 0.375 e. The summed E-state index contributed by atoms with van der Waals surface area (Å²) in [7, 11) is 3.83. The van der Waals surface area contributed by atoms with Crippen molar-refractivity contribution in [2.45, 2.75) is 31.7 Å². The minimum absolute atomic E-state index is 0. The van der Waals surface area contributed by atoms with E-state index >= 15 is 0 Å². The number of hydrogen-bond acceptors (Lipinski definition) is 3. The molecule has 22 heavy (non-hydrogen) atoms. The Morgan fingerprint density at radius 2 is 2.14 bits per heavy atom. The molecule has 0 bridgehead atoms. The number of rotatable bonds is 5. The second-order valence-electron chi connectivity index (χ2n) is 5.41. The standard InChI is InChI=1S/C15H22ClN3O.2ClH/c1-19(2)15-12(16)6-3-7-13(15)18-14(20)9-8-11-5-4-10-17-11;;/h3,6-7,11,17H,4-5,8-10H2,1-2H3,(H,18,20);2*1H. The molecule has 1 atom stereocenters. The fourth-order valence-corrected chi connectivity index (χ4v) is 2.94. The van der Waals surface area contributed by atoms with Crippen molar-refractivity contribution in [2.24, 2.45) is 0 Å². The lowest BCUT2D eigenvalue weighted by atomic mass is 10.1. The smallest absolute Gasteiger partial charge is 0.224 e. The van der Waals surface area contributed by atoms with Gasteiger partial charge in [0.2, 0.25) is 5.91 Å². The quantitative estimate of drug-likeness (QED) is 0.832. The van der Waals surface area contributed by atoms with Crippen LogP contribution in [-0.2, 0) is 4.79 Å². The fourth-order valence-electron chi connectivity index (χ4n) is 2.59. The normalized spacial score (nSPS) is 16.4. The zero-order valence-electron chi connectivity index (χ0n) is 12.9. The molecule has 0 spiro atoms. The second-order valence-corrected chi connectivity index (χ2v) is 5.82. The van der Waals surface area contributed by atoms with Crippen LogP contribution in [0.15, 0.2) is 18.2 Å². The Bertz CT molecular complexity index is 477. The Kier molecular flexibility index (Phi) is 9.85. The molecule has 0 aromatic heterocycles. The minimum Gasteiger partial charge on any atom is -0.375 e. The highest BCUT2D eigenvalue weighted by atomic mass is 35.5. The van der Waals surface area contributed by atoms with E-state index < -0.39 is 0 Å². The van der Waals surface area contributed by atoms with Gasteiger partial charge in [0, 0.05) is 26.6 Å². The number of nitrogens with zero attached hydrogens (tertiary/aromatic N) is 1. The molecule has 0 aliphatic carbocycles. The number of nitrogens with one attached hydrogen (secondary N) is 2. The van der Waals surface area contributed by atoms with Crippen LogP contribution in [0.3, 0.4) is 0 Å². The summed E-state index contributed by atoms with van der Waals surface area (Å²) >= 11 is 6.19. The van der Waals surface area contributed by atoms with Gasteiger partial charge >= 0.3 is 0 Å². The topological polar surface area (TPSA) is 44.4 Å². The fraction of sp³-hybridized carbons (Fsp3) is 0.533. The molecule has 1 unspecified atom stereocenters. The number of carbonyl (C=O) groups is 1. The molecule has 1 aliphatic rings. The molecular formula is C15H24Cl3N3O. The predicted octanol–water partition coefficient (Wildman–Crippen LogP) is 3.72. The molecule has 0 saturated carbocycles. The molecule has 4 nitrogen and oxygen atoms in total. The van der Waals surface area contributed by atoms with Gasteiger partial charge in [0.05, 0.1) is 16.4 Å². The van der Waals surface area contributed by atoms with E-state index in [0.29, 0.717) is 17.5 Å². The summed E-state index contributed by atoms with van der Waals surface area (Å²) in [4.78, 5) is 14.0. The molecular weight excluding hydrogens is 345 g/mol. The Balaban J connectivity index is 0.00000220. The van der Waals surface area contributed by atoms with Crippen LogP contribution in [0.5, 0.6) is 0 Å². The number of para-hydroxylation sites is 1. The predicted molar refractivity (Wildman–Crippen MR) is 99.2 cm³/mol. The van der Waals surface area contributed by atoms with Gasteiger partial charge in [-0.3, -0.25) is 4.79 Å². The highest BCUT2D eigenvalue weighted by molar-refractivity contribution is 6.34. The SMILES string of the molecule is CN(C)c1c(Cl)cccc1NC(=O)CCC1CCCN1.Cl.Cl. The Hall–Kier alpha value is -0.680. The van der Waals surface area contributed by atoms with Crippen LogP contribution < -0.4 is 15.5 Å². The zero-order valence-corrected chi connectivity index (χ0v) is 15.3. The van der Waals surface area contributed by atoms with Crippen molar-refractivity contribution in [1.29, 1.82) is 0 Å². The first-order chi connectivity index (χ1) is 9.58. The lowest BCUT2D eigenvalue weighted by molar-refractivity contribution is -0.116. The van der Waals surface area contributed by atoms with Crippen LogP contribution in [0.2, 0.25) is 5.02 Å². The van der Waals surface area contributed by atoms with E-state index in [9.17, 15) is 4.79 Å². The molecule has 1 amide bonds. The van der Waals surface area contributed by atoms with E-state index in [-0.39, 0.29) is 30.7 Å². The van der Waals surface area contributed by atoms with Gasteiger partial charge in [0.1, 0.15) is 0 Å². The molecule has 1 heterocycles. The maximum absolute atomic E-state index is 12.1. The monoisotopic (exact) mass is 367 g/mol. The van der Waals surface area contributed by atoms with Crippen molar-refractivity contribution in [3.63, 3.8) is 0 Å². The molecule has 1 saturated heterocycles. The van der Waals surface area contributed by atoms with E-state index in [1.54, 1.807) is 0 Å². The van der Waals surface area contributed by atoms with Crippen LogP contribution in [-0.4, -0.2) is 32.6 Å². The van der Waals surface area contributed by atoms with Crippen molar-refractivity contribution in [3.05, 3.63) is 23.2 Å². The summed E-state index contributed by atoms with van der Waals surface area (Å²) in [6.45, 7) is 1.07. The highest BCUT2D eigenvalue weighted by Crippen LogP contribution is 2.32. The average molecular weight is 369 g/mol. The van der Waals surface area contributed by atoms with Gasteiger partial charge in [0.15, 0.2) is 0 Å². The van der Waals surface area contributed by atoms with Crippen LogP contribution in [0.4, 0.5) is 11.4 Å². The maximum atomic E-state index is 12.1. The van der Waals surface area contributed by atoms with Crippen LogP contribution in [0, 0.1) is 0 Å². The minimum atomic E-state index is 0. The third-order valence-corrected chi connectivity index (χ3v) is 3.90. The van der Waals surface area contributed by atoms with Gasteiger partial charge in [-0.2, -0.15) is 0 Å². The van der Waals surface area contributed by atoms with Crippen molar-refractivity contribution >= 4 is 53.7 Å². The number of amides is 1. The van der Waals surface area contributed by atoms with Gasteiger partial charge in [0.25, 0.3) is 0 Å². The van der Waals surface area contributed by atoms with Crippen LogP contribution >= 0.6 is 36.4 Å². The Morgan fingerprint density at radius 3 is 2.73 bits per heavy atom. The van der Waals surface area contributed by atoms with Crippen molar-refractivity contribution in [1.82, 2.24) is 5.32 Å². The van der Waals surface area contributed by atoms with Crippen LogP contribution in [0.1, 0.15) is 25.7 Å². The number of carbonyl (C=O) groups excluding carboxylic acids is 1. The molecule has 2 rings (SSSR count). The molecule has 1 fully saturated rings. The summed E-state index contributed by atoms with van der Waals surface area (Å²) in [5.74, 6) is 0.0454. The second kappa shape index (κ2) is 10.2. The summed E-state index contributed by atoms with van der Waals surface area (Å²) in [6.07, 6.45) is 3.82. The molecule has 2 N–H and O–H groups in total. The molecule has 7 heteroatoms. The summed E-state index contributed by atoms with van der Waals surface area (Å²) in [6, 6.07) is 6.05. The van der Waals surface area contributed by atoms with E-state index in [0.717, 1.165) is 24.3 Å². The van der Waals surface area contributed by atoms with E-state index in [1.807, 2.05) is 37.2 Å². The molecule has 126 valence electrons. The van der Waals surface area contributed by atoms with Gasteiger partial charge < -0.3 is 15.5 Å². The first-order valence-corrected chi connectivity index (χ1v) is 7.45. The number of halogens is 3. The van der Waals surface area contributed by atoms with E-state index in [2.05, 4.69) is 10.6 Å². The zero-order chi connectivity index (χ0) is 14.5. The maximum Gasteiger partial charge on any atom is 0.224 e. The Morgan fingerprint density at radius 1 is 1.41 bits per heavy atom. The van der Waals surface area contributed by atoms with E-state index in [1.165, 1.54) is 12.8 Å². The van der Waals surface area contributed by atoms with Crippen molar-refractivity contribution in [3.8, 4) is 0 Å². The lowest BCUT2D eigenvalue weighted by Crippen LogP contribution is -2.24. The van der Waals surface area contributed by atoms with Gasteiger partial charge in [-0.15, -0.1) is 24.8 Å². The van der Waals surface area contributed by atoms with Gasteiger partial charge in [-0.05, 0) is 37.9 Å². The van der Waals surface area contributed by atoms with Crippen molar-refractivity contribution in [2.75, 3.05) is 30.9 Å². The molecule has 1 aromatic carbocycles. The molecule has 1 aromatic rings. The van der Waals surface area contributed by atoms with E-state index in [4.69, 9.17) is 11.6 Å². The third kappa shape index (κ3) is 5.84. The number of anilines is 2. The van der Waals surface area contributed by atoms with Gasteiger partial charge in [-0.25, -0.2) is 0 Å². The third-order valence-electron chi connectivity index (χ3n) is 3.59. The van der Waals surface area contributed by atoms with Crippen molar-refractivity contribution < 1.29 is 4.79 Å². The number of hydrogen-bond donors (Lipinski definition) is 2. The summed E-state index contributed by atoms with van der Waals surface area (Å²) in [5.41, 5.74) is 1.62. The van der Waals surface area contributed by atoms with Crippen LogP contribution in [0.25, 0.3) is 0 Å². The number of benzene rings is 1. The summed E-state index contributed by atoms with van der Waals surface area (Å²) in [5, 5.41) is 7.01. The van der Waals surface area contributed by atoms with Gasteiger partial charge in [-0.1, -0.05) is 17.7 Å². The highest BCUT2D eigenvalue weighted by Gasteiger charge is 2.16.